The van der Waals surface area contributed by atoms with E-state index in [2.05, 4.69) is 9.97 Å². The van der Waals surface area contributed by atoms with Crippen LogP contribution < -0.4 is 4.74 Å². The van der Waals surface area contributed by atoms with Crippen molar-refractivity contribution in [1.82, 2.24) is 9.97 Å². The molecular weight excluding hydrogens is 200 g/mol. The number of rotatable bonds is 4. The summed E-state index contributed by atoms with van der Waals surface area (Å²) in [6.07, 6.45) is 6.63. The van der Waals surface area contributed by atoms with E-state index in [1.165, 1.54) is 25.6 Å². The lowest BCUT2D eigenvalue weighted by Crippen LogP contribution is -2.14. The van der Waals surface area contributed by atoms with Gasteiger partial charge in [-0.1, -0.05) is 30.9 Å². The van der Waals surface area contributed by atoms with Gasteiger partial charge in [0.1, 0.15) is 11.5 Å². The molecule has 1 aromatic heterocycles. The van der Waals surface area contributed by atoms with Crippen LogP contribution in [-0.2, 0) is 0 Å². The van der Waals surface area contributed by atoms with Crippen LogP contribution in [0.1, 0.15) is 25.7 Å². The molecule has 0 atom stereocenters. The van der Waals surface area contributed by atoms with Gasteiger partial charge in [-0.3, -0.25) is 0 Å². The van der Waals surface area contributed by atoms with Crippen molar-refractivity contribution in [3.05, 3.63) is 17.5 Å². The van der Waals surface area contributed by atoms with Gasteiger partial charge in [-0.15, -0.1) is 0 Å². The highest BCUT2D eigenvalue weighted by atomic mass is 35.5. The first kappa shape index (κ1) is 9.71. The van der Waals surface area contributed by atoms with E-state index in [1.807, 2.05) is 0 Å². The maximum absolute atomic E-state index is 5.69. The van der Waals surface area contributed by atoms with Gasteiger partial charge in [-0.25, -0.2) is 9.97 Å². The maximum atomic E-state index is 5.69. The van der Waals surface area contributed by atoms with Crippen molar-refractivity contribution < 1.29 is 4.74 Å². The smallest absolute Gasteiger partial charge is 0.217 e. The van der Waals surface area contributed by atoms with Crippen LogP contribution in [0.25, 0.3) is 0 Å². The molecule has 1 aliphatic carbocycles. The Balaban J connectivity index is 1.74. The lowest BCUT2D eigenvalue weighted by Gasteiger charge is -2.24. The van der Waals surface area contributed by atoms with Crippen LogP contribution in [0.4, 0.5) is 0 Å². The third kappa shape index (κ3) is 2.58. The molecule has 0 spiro atoms. The van der Waals surface area contributed by atoms with E-state index in [0.717, 1.165) is 18.9 Å². The molecule has 1 heterocycles. The second kappa shape index (κ2) is 4.60. The fraction of sp³-hybridized carbons (Fsp3) is 0.600. The van der Waals surface area contributed by atoms with Crippen LogP contribution in [0.15, 0.2) is 12.4 Å². The quantitative estimate of drug-likeness (QED) is 0.720. The van der Waals surface area contributed by atoms with E-state index in [0.29, 0.717) is 11.0 Å². The third-order valence-electron chi connectivity index (χ3n) is 2.61. The number of nitrogens with zero attached hydrogens (tertiary/aromatic N) is 2. The molecule has 0 radical (unpaired) electrons. The zero-order chi connectivity index (χ0) is 9.80. The second-order valence-corrected chi connectivity index (χ2v) is 4.00. The molecule has 0 N–H and O–H groups in total. The molecule has 0 unspecified atom stereocenters. The highest BCUT2D eigenvalue weighted by molar-refractivity contribution is 6.29. The van der Waals surface area contributed by atoms with Gasteiger partial charge in [0, 0.05) is 6.07 Å². The van der Waals surface area contributed by atoms with Gasteiger partial charge in [-0.2, -0.15) is 0 Å². The highest BCUT2D eigenvalue weighted by Gasteiger charge is 2.16. The van der Waals surface area contributed by atoms with Gasteiger partial charge in [0.25, 0.3) is 0 Å². The van der Waals surface area contributed by atoms with E-state index < -0.39 is 0 Å². The molecule has 1 aromatic rings. The molecule has 14 heavy (non-hydrogen) atoms. The Kier molecular flexibility index (Phi) is 3.19. The molecular formula is C10H13ClN2O. The molecule has 1 fully saturated rings. The zero-order valence-corrected chi connectivity index (χ0v) is 8.70. The Labute approximate surface area is 88.5 Å². The molecule has 0 amide bonds. The predicted molar refractivity (Wildman–Crippen MR) is 54.5 cm³/mol. The van der Waals surface area contributed by atoms with Crippen molar-refractivity contribution in [3.8, 4) is 5.88 Å². The van der Waals surface area contributed by atoms with Crippen LogP contribution in [-0.4, -0.2) is 16.6 Å². The number of ether oxygens (including phenoxy) is 1. The summed E-state index contributed by atoms with van der Waals surface area (Å²) >= 11 is 5.69. The third-order valence-corrected chi connectivity index (χ3v) is 2.82. The van der Waals surface area contributed by atoms with Crippen LogP contribution >= 0.6 is 11.6 Å². The Morgan fingerprint density at radius 2 is 2.29 bits per heavy atom. The zero-order valence-electron chi connectivity index (χ0n) is 7.95. The average Bonchev–Trinajstić information content (AvgIpc) is 2.09. The summed E-state index contributed by atoms with van der Waals surface area (Å²) < 4.78 is 5.46. The minimum atomic E-state index is 0.429. The largest absolute Gasteiger partial charge is 0.478 e. The summed E-state index contributed by atoms with van der Waals surface area (Å²) in [6.45, 7) is 0.734. The normalized spacial score (nSPS) is 16.4. The summed E-state index contributed by atoms with van der Waals surface area (Å²) in [6, 6.07) is 1.64. The molecule has 0 aliphatic heterocycles. The highest BCUT2D eigenvalue weighted by Crippen LogP contribution is 2.29. The van der Waals surface area contributed by atoms with Gasteiger partial charge in [0.15, 0.2) is 0 Å². The van der Waals surface area contributed by atoms with Crippen molar-refractivity contribution in [2.24, 2.45) is 5.92 Å². The molecule has 3 nitrogen and oxygen atoms in total. The van der Waals surface area contributed by atoms with Gasteiger partial charge in [0.05, 0.1) is 6.61 Å². The first-order valence-electron chi connectivity index (χ1n) is 4.95. The topological polar surface area (TPSA) is 35.0 Å². The molecule has 4 heteroatoms. The van der Waals surface area contributed by atoms with E-state index in [1.54, 1.807) is 6.07 Å². The van der Waals surface area contributed by atoms with Crippen molar-refractivity contribution in [3.63, 3.8) is 0 Å². The molecule has 76 valence electrons. The molecule has 0 saturated heterocycles. The lowest BCUT2D eigenvalue weighted by atomic mass is 9.83. The van der Waals surface area contributed by atoms with Gasteiger partial charge in [-0.05, 0) is 12.3 Å². The Hall–Kier alpha value is -0.830. The molecule has 1 saturated carbocycles. The molecule has 0 aromatic carbocycles. The number of hydrogen-bond donors (Lipinski definition) is 0. The summed E-state index contributed by atoms with van der Waals surface area (Å²) in [5, 5.41) is 0.429. The fourth-order valence-corrected chi connectivity index (χ4v) is 1.64. The predicted octanol–water partition coefficient (Wildman–Crippen LogP) is 2.70. The van der Waals surface area contributed by atoms with Crippen molar-refractivity contribution >= 4 is 11.6 Å². The minimum absolute atomic E-state index is 0.429. The van der Waals surface area contributed by atoms with E-state index in [4.69, 9.17) is 16.3 Å². The summed E-state index contributed by atoms with van der Waals surface area (Å²) in [7, 11) is 0. The Bertz CT molecular complexity index is 302. The lowest BCUT2D eigenvalue weighted by molar-refractivity contribution is 0.217. The Morgan fingerprint density at radius 1 is 1.43 bits per heavy atom. The monoisotopic (exact) mass is 212 g/mol. The summed E-state index contributed by atoms with van der Waals surface area (Å²) in [4.78, 5) is 7.75. The first-order chi connectivity index (χ1) is 6.84. The molecule has 2 rings (SSSR count). The average molecular weight is 213 g/mol. The van der Waals surface area contributed by atoms with Gasteiger partial charge < -0.3 is 4.74 Å². The second-order valence-electron chi connectivity index (χ2n) is 3.61. The van der Waals surface area contributed by atoms with Gasteiger partial charge >= 0.3 is 0 Å². The van der Waals surface area contributed by atoms with E-state index in [-0.39, 0.29) is 0 Å². The van der Waals surface area contributed by atoms with Crippen molar-refractivity contribution in [2.75, 3.05) is 6.61 Å². The van der Waals surface area contributed by atoms with Crippen LogP contribution in [0.3, 0.4) is 0 Å². The summed E-state index contributed by atoms with van der Waals surface area (Å²) in [5.41, 5.74) is 0. The maximum Gasteiger partial charge on any atom is 0.217 e. The number of aromatic nitrogens is 2. The van der Waals surface area contributed by atoms with Crippen LogP contribution in [0.5, 0.6) is 5.88 Å². The Morgan fingerprint density at radius 3 is 2.93 bits per heavy atom. The van der Waals surface area contributed by atoms with E-state index in [9.17, 15) is 0 Å². The first-order valence-corrected chi connectivity index (χ1v) is 5.33. The summed E-state index contributed by atoms with van der Waals surface area (Å²) in [5.74, 6) is 1.44. The number of halogens is 1. The molecule has 1 aliphatic rings. The van der Waals surface area contributed by atoms with Crippen LogP contribution in [0, 0.1) is 5.92 Å². The van der Waals surface area contributed by atoms with E-state index >= 15 is 0 Å². The van der Waals surface area contributed by atoms with Crippen LogP contribution in [0.2, 0.25) is 5.15 Å². The minimum Gasteiger partial charge on any atom is -0.478 e. The molecule has 0 bridgehead atoms. The van der Waals surface area contributed by atoms with Crippen molar-refractivity contribution in [1.29, 1.82) is 0 Å². The standard InChI is InChI=1S/C10H13ClN2O/c11-9-6-10(13-7-12-9)14-5-4-8-2-1-3-8/h6-8H,1-5H2. The fourth-order valence-electron chi connectivity index (χ4n) is 1.51. The SMILES string of the molecule is Clc1cc(OCCC2CCC2)ncn1. The van der Waals surface area contributed by atoms with Gasteiger partial charge in [0.2, 0.25) is 5.88 Å². The van der Waals surface area contributed by atoms with Crippen molar-refractivity contribution in [2.45, 2.75) is 25.7 Å². The number of hydrogen-bond acceptors (Lipinski definition) is 3.